The Bertz CT molecular complexity index is 742. The van der Waals surface area contributed by atoms with Gasteiger partial charge in [-0.3, -0.25) is 0 Å². The van der Waals surface area contributed by atoms with Crippen molar-refractivity contribution in [2.24, 2.45) is 0 Å². The standard InChI is InChI=1S/C21H26O2Si/c1-6-8-16-10-12-20(22)18(14-16)19-15-17(9-7-2)11-13-21(19)23-24(3,4)5/h6-7,10-15,22H,1-2,8-9H2,3-5H3. The normalized spacial score (nSPS) is 11.1. The molecule has 0 aromatic heterocycles. The minimum atomic E-state index is -1.76. The van der Waals surface area contributed by atoms with Crippen LogP contribution in [0.3, 0.4) is 0 Å². The molecule has 126 valence electrons. The molecule has 2 nitrogen and oxygen atoms in total. The first-order valence-corrected chi connectivity index (χ1v) is 11.6. The molecule has 0 bridgehead atoms. The second-order valence-corrected chi connectivity index (χ2v) is 11.3. The third-order valence-corrected chi connectivity index (χ3v) is 4.40. The molecule has 0 unspecified atom stereocenters. The number of allylic oxidation sites excluding steroid dienone is 2. The van der Waals surface area contributed by atoms with Crippen LogP contribution in [-0.2, 0) is 12.8 Å². The van der Waals surface area contributed by atoms with E-state index in [9.17, 15) is 5.11 Å². The van der Waals surface area contributed by atoms with Gasteiger partial charge >= 0.3 is 0 Å². The van der Waals surface area contributed by atoms with Crippen LogP contribution < -0.4 is 4.43 Å². The minimum absolute atomic E-state index is 0.263. The van der Waals surface area contributed by atoms with Crippen LogP contribution in [0.4, 0.5) is 0 Å². The van der Waals surface area contributed by atoms with Gasteiger partial charge in [-0.25, -0.2) is 0 Å². The second kappa shape index (κ2) is 7.54. The van der Waals surface area contributed by atoms with E-state index in [-0.39, 0.29) is 5.75 Å². The summed E-state index contributed by atoms with van der Waals surface area (Å²) in [6, 6.07) is 11.8. The summed E-state index contributed by atoms with van der Waals surface area (Å²) < 4.78 is 6.26. The minimum Gasteiger partial charge on any atom is -0.544 e. The molecule has 3 heteroatoms. The maximum atomic E-state index is 10.4. The first-order chi connectivity index (χ1) is 11.3. The van der Waals surface area contributed by atoms with Crippen molar-refractivity contribution in [2.45, 2.75) is 32.5 Å². The van der Waals surface area contributed by atoms with Crippen LogP contribution in [0.15, 0.2) is 61.7 Å². The van der Waals surface area contributed by atoms with Crippen LogP contribution in [-0.4, -0.2) is 13.4 Å². The number of hydrogen-bond acceptors (Lipinski definition) is 2. The lowest BCUT2D eigenvalue weighted by Gasteiger charge is -2.23. The fourth-order valence-corrected chi connectivity index (χ4v) is 3.43. The topological polar surface area (TPSA) is 29.5 Å². The van der Waals surface area contributed by atoms with Crippen LogP contribution in [0.25, 0.3) is 11.1 Å². The van der Waals surface area contributed by atoms with Crippen LogP contribution in [0, 0.1) is 0 Å². The summed E-state index contributed by atoms with van der Waals surface area (Å²) in [7, 11) is -1.76. The highest BCUT2D eigenvalue weighted by Crippen LogP contribution is 2.38. The zero-order valence-electron chi connectivity index (χ0n) is 14.8. The summed E-state index contributed by atoms with van der Waals surface area (Å²) >= 11 is 0. The van der Waals surface area contributed by atoms with Gasteiger partial charge in [0, 0.05) is 11.1 Å². The molecule has 2 rings (SSSR count). The van der Waals surface area contributed by atoms with Crippen LogP contribution >= 0.6 is 0 Å². The molecule has 0 radical (unpaired) electrons. The van der Waals surface area contributed by atoms with Gasteiger partial charge in [0.2, 0.25) is 8.32 Å². The van der Waals surface area contributed by atoms with E-state index in [4.69, 9.17) is 4.43 Å². The maximum Gasteiger partial charge on any atom is 0.242 e. The van der Waals surface area contributed by atoms with E-state index < -0.39 is 8.32 Å². The van der Waals surface area contributed by atoms with E-state index >= 15 is 0 Å². The molecule has 0 aliphatic rings. The molecular formula is C21H26O2Si. The summed E-state index contributed by atoms with van der Waals surface area (Å²) in [6.45, 7) is 14.1. The Kier molecular flexibility index (Phi) is 5.68. The third kappa shape index (κ3) is 4.62. The average molecular weight is 339 g/mol. The number of rotatable bonds is 7. The van der Waals surface area contributed by atoms with Gasteiger partial charge in [0.05, 0.1) is 0 Å². The SMILES string of the molecule is C=CCc1ccc(O)c(-c2cc(CC=C)ccc2O[Si](C)(C)C)c1. The molecule has 0 heterocycles. The predicted molar refractivity (Wildman–Crippen MR) is 105 cm³/mol. The van der Waals surface area contributed by atoms with E-state index in [1.807, 2.05) is 30.4 Å². The Balaban J connectivity index is 2.60. The Morgan fingerprint density at radius 1 is 0.917 bits per heavy atom. The van der Waals surface area contributed by atoms with Crippen molar-refractivity contribution in [2.75, 3.05) is 0 Å². The Morgan fingerprint density at radius 3 is 2.00 bits per heavy atom. The molecule has 0 aliphatic heterocycles. The van der Waals surface area contributed by atoms with Crippen LogP contribution in [0.1, 0.15) is 11.1 Å². The van der Waals surface area contributed by atoms with Crippen molar-refractivity contribution in [3.8, 4) is 22.6 Å². The first kappa shape index (κ1) is 18.1. The first-order valence-electron chi connectivity index (χ1n) is 8.20. The molecule has 1 N–H and O–H groups in total. The van der Waals surface area contributed by atoms with E-state index in [0.717, 1.165) is 40.8 Å². The lowest BCUT2D eigenvalue weighted by atomic mass is 9.97. The third-order valence-electron chi connectivity index (χ3n) is 3.57. The van der Waals surface area contributed by atoms with E-state index in [0.29, 0.717) is 0 Å². The van der Waals surface area contributed by atoms with Crippen LogP contribution in [0.5, 0.6) is 11.5 Å². The highest BCUT2D eigenvalue weighted by molar-refractivity contribution is 6.70. The highest BCUT2D eigenvalue weighted by Gasteiger charge is 2.20. The zero-order chi connectivity index (χ0) is 17.7. The Morgan fingerprint density at radius 2 is 1.46 bits per heavy atom. The summed E-state index contributed by atoms with van der Waals surface area (Å²) in [4.78, 5) is 0. The van der Waals surface area contributed by atoms with E-state index in [1.54, 1.807) is 6.07 Å². The lowest BCUT2D eigenvalue weighted by molar-refractivity contribution is 0.476. The van der Waals surface area contributed by atoms with E-state index in [2.05, 4.69) is 44.9 Å². The fourth-order valence-electron chi connectivity index (χ4n) is 2.59. The van der Waals surface area contributed by atoms with Gasteiger partial charge in [-0.05, 0) is 67.9 Å². The molecule has 0 amide bonds. The van der Waals surface area contributed by atoms with Gasteiger partial charge in [0.25, 0.3) is 0 Å². The van der Waals surface area contributed by atoms with Crippen molar-refractivity contribution in [1.82, 2.24) is 0 Å². The molecule has 24 heavy (non-hydrogen) atoms. The van der Waals surface area contributed by atoms with Crippen molar-refractivity contribution in [1.29, 1.82) is 0 Å². The number of phenolic OH excluding ortho intramolecular Hbond substituents is 1. The lowest BCUT2D eigenvalue weighted by Crippen LogP contribution is -2.29. The van der Waals surface area contributed by atoms with Gasteiger partial charge in [-0.1, -0.05) is 24.3 Å². The fraction of sp³-hybridized carbons (Fsp3) is 0.238. The van der Waals surface area contributed by atoms with Gasteiger partial charge in [-0.15, -0.1) is 13.2 Å². The van der Waals surface area contributed by atoms with Crippen LogP contribution in [0.2, 0.25) is 19.6 Å². The number of phenols is 1. The monoisotopic (exact) mass is 338 g/mol. The maximum absolute atomic E-state index is 10.4. The number of aromatic hydroxyl groups is 1. The van der Waals surface area contributed by atoms with Gasteiger partial charge in [0.15, 0.2) is 0 Å². The van der Waals surface area contributed by atoms with Crippen molar-refractivity contribution >= 4 is 8.32 Å². The molecular weight excluding hydrogens is 312 g/mol. The molecule has 0 fully saturated rings. The molecule has 0 spiro atoms. The predicted octanol–water partition coefficient (Wildman–Crippen LogP) is 5.73. The van der Waals surface area contributed by atoms with E-state index in [1.165, 1.54) is 0 Å². The molecule has 0 aliphatic carbocycles. The summed E-state index contributed by atoms with van der Waals surface area (Å²) in [6.07, 6.45) is 5.30. The van der Waals surface area contributed by atoms with Crippen molar-refractivity contribution in [3.63, 3.8) is 0 Å². The molecule has 0 saturated heterocycles. The molecule has 2 aromatic carbocycles. The Hall–Kier alpha value is -2.26. The molecule has 0 atom stereocenters. The summed E-state index contributed by atoms with van der Waals surface area (Å²) in [5.74, 6) is 1.09. The van der Waals surface area contributed by atoms with Gasteiger partial charge in [0.1, 0.15) is 11.5 Å². The quantitative estimate of drug-likeness (QED) is 0.516. The smallest absolute Gasteiger partial charge is 0.242 e. The van der Waals surface area contributed by atoms with Gasteiger partial charge < -0.3 is 9.53 Å². The van der Waals surface area contributed by atoms with Crippen molar-refractivity contribution in [3.05, 3.63) is 72.8 Å². The Labute approximate surface area is 146 Å². The number of hydrogen-bond donors (Lipinski definition) is 1. The van der Waals surface area contributed by atoms with Gasteiger partial charge in [-0.2, -0.15) is 0 Å². The number of benzene rings is 2. The second-order valence-electron chi connectivity index (χ2n) is 6.88. The molecule has 2 aromatic rings. The zero-order valence-corrected chi connectivity index (χ0v) is 15.8. The van der Waals surface area contributed by atoms with Crippen molar-refractivity contribution < 1.29 is 9.53 Å². The summed E-state index contributed by atoms with van der Waals surface area (Å²) in [5.41, 5.74) is 4.00. The molecule has 0 saturated carbocycles. The largest absolute Gasteiger partial charge is 0.544 e. The average Bonchev–Trinajstić information content (AvgIpc) is 2.50. The highest BCUT2D eigenvalue weighted by atomic mass is 28.4. The summed E-state index contributed by atoms with van der Waals surface area (Å²) in [5, 5.41) is 10.4.